The highest BCUT2D eigenvalue weighted by Crippen LogP contribution is 2.16. The first-order valence-corrected chi connectivity index (χ1v) is 5.18. The Labute approximate surface area is 93.1 Å². The van der Waals surface area contributed by atoms with Crippen molar-refractivity contribution in [2.24, 2.45) is 5.73 Å². The summed E-state index contributed by atoms with van der Waals surface area (Å²) in [6.45, 7) is 0. The molecule has 1 aromatic carbocycles. The summed E-state index contributed by atoms with van der Waals surface area (Å²) in [6, 6.07) is 9.87. The van der Waals surface area contributed by atoms with Crippen molar-refractivity contribution in [1.29, 1.82) is 0 Å². The van der Waals surface area contributed by atoms with Crippen LogP contribution in [0.2, 0.25) is 0 Å². The van der Waals surface area contributed by atoms with Crippen LogP contribution in [-0.2, 0) is 16.3 Å². The minimum Gasteiger partial charge on any atom is -0.367 e. The molecule has 2 rings (SSSR count). The second-order valence-electron chi connectivity index (χ2n) is 3.81. The molecule has 0 spiro atoms. The maximum Gasteiger partial charge on any atom is 0.249 e. The summed E-state index contributed by atoms with van der Waals surface area (Å²) in [6.07, 6.45) is -0.528. The number of fused-ring (bicyclic) bond motifs is 1. The van der Waals surface area contributed by atoms with E-state index in [1.807, 2.05) is 30.3 Å². The summed E-state index contributed by atoms with van der Waals surface area (Å²) in [7, 11) is 0. The number of aryl methyl sites for hydroxylation is 1. The topological polar surface area (TPSA) is 78.8 Å². The van der Waals surface area contributed by atoms with Crippen LogP contribution in [0.25, 0.3) is 10.9 Å². The molecule has 83 valence electrons. The van der Waals surface area contributed by atoms with E-state index in [-0.39, 0.29) is 6.42 Å². The number of H-pyrrole nitrogens is 1. The van der Waals surface area contributed by atoms with Gasteiger partial charge in [-0.05, 0) is 30.4 Å². The molecule has 0 fully saturated rings. The highest BCUT2D eigenvalue weighted by molar-refractivity contribution is 5.80. The van der Waals surface area contributed by atoms with E-state index in [2.05, 4.69) is 4.98 Å². The van der Waals surface area contributed by atoms with E-state index < -0.39 is 12.0 Å². The second kappa shape index (κ2) is 4.37. The molecule has 4 heteroatoms. The summed E-state index contributed by atoms with van der Waals surface area (Å²) < 4.78 is 0. The molecular formula is C12H13N2O2. The molecule has 3 N–H and O–H groups in total. The van der Waals surface area contributed by atoms with Crippen molar-refractivity contribution in [1.82, 2.24) is 4.98 Å². The summed E-state index contributed by atoms with van der Waals surface area (Å²) in [5, 5.41) is 12.2. The molecule has 0 saturated heterocycles. The maximum atomic E-state index is 11.1. The molecule has 0 aliphatic heterocycles. The van der Waals surface area contributed by atoms with Gasteiger partial charge in [0, 0.05) is 11.2 Å². The number of amides is 1. The predicted molar refractivity (Wildman–Crippen MR) is 60.3 cm³/mol. The zero-order valence-electron chi connectivity index (χ0n) is 8.77. The number of para-hydroxylation sites is 1. The fourth-order valence-electron chi connectivity index (χ4n) is 1.70. The first-order chi connectivity index (χ1) is 7.66. The van der Waals surface area contributed by atoms with Crippen LogP contribution in [0.3, 0.4) is 0 Å². The summed E-state index contributed by atoms with van der Waals surface area (Å²) in [5.41, 5.74) is 6.92. The van der Waals surface area contributed by atoms with Crippen molar-refractivity contribution in [3.8, 4) is 0 Å². The van der Waals surface area contributed by atoms with Gasteiger partial charge >= 0.3 is 0 Å². The minimum atomic E-state index is -1.31. The molecule has 1 heterocycles. The largest absolute Gasteiger partial charge is 0.367 e. The highest BCUT2D eigenvalue weighted by Gasteiger charge is 2.13. The van der Waals surface area contributed by atoms with Crippen molar-refractivity contribution in [2.45, 2.75) is 18.9 Å². The Balaban J connectivity index is 2.07. The third-order valence-corrected chi connectivity index (χ3v) is 2.58. The lowest BCUT2D eigenvalue weighted by molar-refractivity contribution is -0.129. The van der Waals surface area contributed by atoms with Crippen molar-refractivity contribution in [3.05, 3.63) is 36.0 Å². The minimum absolute atomic E-state index is 0.238. The first-order valence-electron chi connectivity index (χ1n) is 5.18. The standard InChI is InChI=1S/C12H13N2O2/c13-12(16)11(15)6-5-9-7-8-3-1-2-4-10(8)14-9/h1-4,7,11,14H,5-6H2,(H2,13,16). The van der Waals surface area contributed by atoms with Crippen LogP contribution in [-0.4, -0.2) is 17.0 Å². The second-order valence-corrected chi connectivity index (χ2v) is 3.81. The zero-order chi connectivity index (χ0) is 11.5. The Morgan fingerprint density at radius 2 is 2.12 bits per heavy atom. The highest BCUT2D eigenvalue weighted by atomic mass is 16.3. The summed E-state index contributed by atoms with van der Waals surface area (Å²) in [5.74, 6) is -0.781. The van der Waals surface area contributed by atoms with Crippen molar-refractivity contribution < 1.29 is 9.90 Å². The summed E-state index contributed by atoms with van der Waals surface area (Å²) >= 11 is 0. The normalized spacial score (nSPS) is 12.8. The van der Waals surface area contributed by atoms with Crippen molar-refractivity contribution in [3.63, 3.8) is 0 Å². The number of aromatic nitrogens is 1. The average molecular weight is 217 g/mol. The average Bonchev–Trinajstić information content (AvgIpc) is 2.68. The monoisotopic (exact) mass is 217 g/mol. The fraction of sp³-hybridized carbons (Fsp3) is 0.250. The number of benzene rings is 1. The molecule has 0 aliphatic rings. The molecule has 1 radical (unpaired) electrons. The molecule has 0 bridgehead atoms. The van der Waals surface area contributed by atoms with Crippen molar-refractivity contribution >= 4 is 16.8 Å². The quantitative estimate of drug-likeness (QED) is 0.797. The van der Waals surface area contributed by atoms with E-state index in [0.29, 0.717) is 6.42 Å². The van der Waals surface area contributed by atoms with Gasteiger partial charge in [-0.2, -0.15) is 0 Å². The van der Waals surface area contributed by atoms with E-state index in [4.69, 9.17) is 5.73 Å². The first kappa shape index (κ1) is 10.7. The van der Waals surface area contributed by atoms with Crippen LogP contribution in [0.5, 0.6) is 0 Å². The molecule has 2 aromatic rings. The van der Waals surface area contributed by atoms with E-state index >= 15 is 0 Å². The van der Waals surface area contributed by atoms with E-state index in [1.54, 1.807) is 0 Å². The lowest BCUT2D eigenvalue weighted by Gasteiger charge is -2.01. The van der Waals surface area contributed by atoms with Crippen LogP contribution in [0.4, 0.5) is 0 Å². The third kappa shape index (κ3) is 2.23. The molecule has 1 unspecified atom stereocenters. The molecular weight excluding hydrogens is 204 g/mol. The van der Waals surface area contributed by atoms with Gasteiger partial charge in [-0.3, -0.25) is 4.79 Å². The Morgan fingerprint density at radius 1 is 1.38 bits per heavy atom. The number of hydrogen-bond acceptors (Lipinski definition) is 1. The molecule has 16 heavy (non-hydrogen) atoms. The number of carbonyl (C=O) groups is 1. The Morgan fingerprint density at radius 3 is 2.81 bits per heavy atom. The van der Waals surface area contributed by atoms with Gasteiger partial charge in [0.15, 0.2) is 6.10 Å². The van der Waals surface area contributed by atoms with E-state index in [1.165, 1.54) is 0 Å². The Bertz CT molecular complexity index is 471. The van der Waals surface area contributed by atoms with E-state index in [0.717, 1.165) is 16.6 Å². The third-order valence-electron chi connectivity index (χ3n) is 2.58. The number of hydrogen-bond donors (Lipinski definition) is 2. The Kier molecular flexibility index (Phi) is 2.92. The Hall–Kier alpha value is -1.81. The van der Waals surface area contributed by atoms with Crippen LogP contribution in [0, 0.1) is 0 Å². The molecule has 1 amide bonds. The molecule has 0 aliphatic carbocycles. The van der Waals surface area contributed by atoms with Crippen LogP contribution >= 0.6 is 0 Å². The van der Waals surface area contributed by atoms with Crippen LogP contribution in [0.1, 0.15) is 12.1 Å². The molecule has 0 saturated carbocycles. The van der Waals surface area contributed by atoms with Gasteiger partial charge in [-0.15, -0.1) is 0 Å². The van der Waals surface area contributed by atoms with Gasteiger partial charge in [-0.1, -0.05) is 18.2 Å². The number of rotatable bonds is 4. The number of aromatic amines is 1. The van der Waals surface area contributed by atoms with Gasteiger partial charge in [0.1, 0.15) is 0 Å². The van der Waals surface area contributed by atoms with Crippen LogP contribution < -0.4 is 5.73 Å². The van der Waals surface area contributed by atoms with Gasteiger partial charge in [0.2, 0.25) is 5.91 Å². The number of primary amides is 1. The lowest BCUT2D eigenvalue weighted by Crippen LogP contribution is -2.27. The zero-order valence-corrected chi connectivity index (χ0v) is 8.77. The van der Waals surface area contributed by atoms with E-state index in [9.17, 15) is 9.90 Å². The number of carbonyl (C=O) groups excluding carboxylic acids is 1. The van der Waals surface area contributed by atoms with Crippen molar-refractivity contribution in [2.75, 3.05) is 0 Å². The fourth-order valence-corrected chi connectivity index (χ4v) is 1.70. The van der Waals surface area contributed by atoms with Gasteiger partial charge in [0.05, 0.1) is 0 Å². The number of nitrogens with one attached hydrogen (secondary N) is 1. The smallest absolute Gasteiger partial charge is 0.249 e. The summed E-state index contributed by atoms with van der Waals surface area (Å²) in [4.78, 5) is 13.8. The van der Waals surface area contributed by atoms with Gasteiger partial charge < -0.3 is 10.7 Å². The molecule has 4 nitrogen and oxygen atoms in total. The lowest BCUT2D eigenvalue weighted by atomic mass is 10.1. The maximum absolute atomic E-state index is 11.1. The number of nitrogens with two attached hydrogens (primary N) is 1. The van der Waals surface area contributed by atoms with Gasteiger partial charge in [-0.25, -0.2) is 5.11 Å². The SMILES string of the molecule is NC(=O)C([O])CCc1cc2ccccc2[nH]1. The van der Waals surface area contributed by atoms with Crippen LogP contribution in [0.15, 0.2) is 30.3 Å². The molecule has 1 aromatic heterocycles. The van der Waals surface area contributed by atoms with Gasteiger partial charge in [0.25, 0.3) is 0 Å². The predicted octanol–water partition coefficient (Wildman–Crippen LogP) is 1.38. The molecule has 1 atom stereocenters.